The molecule has 0 radical (unpaired) electrons. The van der Waals surface area contributed by atoms with Crippen molar-refractivity contribution in [3.05, 3.63) is 55.9 Å². The van der Waals surface area contributed by atoms with Gasteiger partial charge in [0.15, 0.2) is 0 Å². The molecule has 2 rings (SSSR count). The molecule has 5 heteroatoms. The van der Waals surface area contributed by atoms with Crippen molar-refractivity contribution in [3.63, 3.8) is 0 Å². The number of hydrogen-bond acceptors (Lipinski definition) is 1. The predicted molar refractivity (Wildman–Crippen MR) is 67.5 cm³/mol. The Balaban J connectivity index is 2.78. The fourth-order valence-corrected chi connectivity index (χ4v) is 2.22. The molecule has 16 heavy (non-hydrogen) atoms. The van der Waals surface area contributed by atoms with E-state index in [1.165, 1.54) is 6.20 Å². The molecule has 0 fully saturated rings. The van der Waals surface area contributed by atoms with E-state index in [-0.39, 0.29) is 10.6 Å². The van der Waals surface area contributed by atoms with E-state index < -0.39 is 0 Å². The Kier molecular flexibility index (Phi) is 3.24. The van der Waals surface area contributed by atoms with Crippen LogP contribution in [0.25, 0.3) is 11.1 Å². The molecule has 0 saturated carbocycles. The Bertz CT molecular complexity index is 572. The number of aromatic nitrogens is 1. The van der Waals surface area contributed by atoms with Gasteiger partial charge in [-0.25, -0.2) is 0 Å². The van der Waals surface area contributed by atoms with Crippen molar-refractivity contribution in [1.29, 1.82) is 0 Å². The Morgan fingerprint density at radius 3 is 2.25 bits per heavy atom. The maximum atomic E-state index is 11.4. The lowest BCUT2D eigenvalue weighted by Crippen LogP contribution is -2.06. The van der Waals surface area contributed by atoms with Gasteiger partial charge in [-0.15, -0.1) is 0 Å². The molecule has 0 saturated heterocycles. The van der Waals surface area contributed by atoms with Crippen molar-refractivity contribution in [1.82, 2.24) is 4.98 Å². The molecule has 0 aliphatic heterocycles. The maximum absolute atomic E-state index is 11.4. The molecule has 0 aliphatic rings. The van der Waals surface area contributed by atoms with E-state index in [1.54, 1.807) is 24.3 Å². The molecular weight excluding hydrogens is 268 g/mol. The van der Waals surface area contributed by atoms with Crippen molar-refractivity contribution >= 4 is 34.8 Å². The molecule has 0 bridgehead atoms. The number of aromatic amines is 1. The Hall–Kier alpha value is -0.960. The molecule has 1 heterocycles. The van der Waals surface area contributed by atoms with Gasteiger partial charge in [-0.3, -0.25) is 4.79 Å². The second-order valence-corrected chi connectivity index (χ2v) is 4.32. The van der Waals surface area contributed by atoms with E-state index in [0.29, 0.717) is 21.2 Å². The van der Waals surface area contributed by atoms with E-state index in [4.69, 9.17) is 34.8 Å². The van der Waals surface area contributed by atoms with Gasteiger partial charge in [-0.2, -0.15) is 0 Å². The summed E-state index contributed by atoms with van der Waals surface area (Å²) in [5.74, 6) is 0. The van der Waals surface area contributed by atoms with Crippen LogP contribution in [0, 0.1) is 0 Å². The molecule has 2 aromatic rings. The first-order chi connectivity index (χ1) is 7.61. The van der Waals surface area contributed by atoms with Crippen molar-refractivity contribution in [2.75, 3.05) is 0 Å². The minimum Gasteiger partial charge on any atom is -0.328 e. The fraction of sp³-hybridized carbons (Fsp3) is 0. The molecule has 1 aromatic heterocycles. The summed E-state index contributed by atoms with van der Waals surface area (Å²) in [6.07, 6.45) is 1.50. The van der Waals surface area contributed by atoms with Crippen LogP contribution in [0.3, 0.4) is 0 Å². The van der Waals surface area contributed by atoms with E-state index in [1.807, 2.05) is 0 Å². The average molecular weight is 275 g/mol. The van der Waals surface area contributed by atoms with Crippen LogP contribution in [0.4, 0.5) is 0 Å². The van der Waals surface area contributed by atoms with E-state index in [2.05, 4.69) is 4.98 Å². The first-order valence-electron chi connectivity index (χ1n) is 4.43. The van der Waals surface area contributed by atoms with Crippen LogP contribution in [-0.2, 0) is 0 Å². The van der Waals surface area contributed by atoms with E-state index in [9.17, 15) is 4.79 Å². The highest BCUT2D eigenvalue weighted by atomic mass is 35.5. The molecular formula is C11H6Cl3NO. The van der Waals surface area contributed by atoms with Gasteiger partial charge in [0.1, 0.15) is 5.02 Å². The molecule has 0 amide bonds. The molecule has 1 aromatic carbocycles. The highest BCUT2D eigenvalue weighted by Gasteiger charge is 2.13. The molecule has 0 aliphatic carbocycles. The number of pyridine rings is 1. The van der Waals surface area contributed by atoms with Gasteiger partial charge in [0.05, 0.1) is 0 Å². The first kappa shape index (κ1) is 11.5. The van der Waals surface area contributed by atoms with Crippen LogP contribution < -0.4 is 5.56 Å². The molecule has 0 spiro atoms. The number of benzene rings is 1. The zero-order chi connectivity index (χ0) is 11.7. The molecule has 0 atom stereocenters. The van der Waals surface area contributed by atoms with Crippen LogP contribution in [0.1, 0.15) is 0 Å². The van der Waals surface area contributed by atoms with E-state index in [0.717, 1.165) is 0 Å². The molecule has 1 N–H and O–H groups in total. The maximum Gasteiger partial charge on any atom is 0.267 e. The third-order valence-electron chi connectivity index (χ3n) is 2.13. The molecule has 0 unspecified atom stereocenters. The highest BCUT2D eigenvalue weighted by molar-refractivity contribution is 6.41. The Morgan fingerprint density at radius 2 is 1.62 bits per heavy atom. The summed E-state index contributed by atoms with van der Waals surface area (Å²) in [7, 11) is 0. The SMILES string of the molecule is O=c1[nH]ccc(-c2c(Cl)cccc2Cl)c1Cl. The minimum absolute atomic E-state index is 0.0810. The summed E-state index contributed by atoms with van der Waals surface area (Å²) in [4.78, 5) is 13.8. The largest absolute Gasteiger partial charge is 0.328 e. The molecule has 2 nitrogen and oxygen atoms in total. The number of rotatable bonds is 1. The Morgan fingerprint density at radius 1 is 1.00 bits per heavy atom. The second-order valence-electron chi connectivity index (χ2n) is 3.13. The van der Waals surface area contributed by atoms with Gasteiger partial charge >= 0.3 is 0 Å². The third kappa shape index (κ3) is 1.96. The number of hydrogen-bond donors (Lipinski definition) is 1. The highest BCUT2D eigenvalue weighted by Crippen LogP contribution is 2.36. The zero-order valence-corrected chi connectivity index (χ0v) is 10.2. The smallest absolute Gasteiger partial charge is 0.267 e. The van der Waals surface area contributed by atoms with Gasteiger partial charge in [0.25, 0.3) is 5.56 Å². The first-order valence-corrected chi connectivity index (χ1v) is 5.56. The number of halogens is 3. The van der Waals surface area contributed by atoms with Crippen LogP contribution in [0.15, 0.2) is 35.3 Å². The normalized spacial score (nSPS) is 10.4. The third-order valence-corrected chi connectivity index (χ3v) is 3.14. The molecule has 82 valence electrons. The van der Waals surface area contributed by atoms with Gasteiger partial charge < -0.3 is 4.98 Å². The van der Waals surface area contributed by atoms with Gasteiger partial charge in [0, 0.05) is 27.4 Å². The van der Waals surface area contributed by atoms with Crippen LogP contribution in [0.2, 0.25) is 15.1 Å². The van der Waals surface area contributed by atoms with Crippen molar-refractivity contribution in [2.45, 2.75) is 0 Å². The van der Waals surface area contributed by atoms with Crippen LogP contribution >= 0.6 is 34.8 Å². The Labute approximate surface area is 107 Å². The minimum atomic E-state index is -0.366. The average Bonchev–Trinajstić information content (AvgIpc) is 2.24. The van der Waals surface area contributed by atoms with Crippen molar-refractivity contribution < 1.29 is 0 Å². The van der Waals surface area contributed by atoms with Gasteiger partial charge in [-0.1, -0.05) is 40.9 Å². The topological polar surface area (TPSA) is 32.9 Å². The lowest BCUT2D eigenvalue weighted by Gasteiger charge is -2.07. The number of H-pyrrole nitrogens is 1. The summed E-state index contributed by atoms with van der Waals surface area (Å²) in [5, 5.41) is 0.998. The quantitative estimate of drug-likeness (QED) is 0.837. The lowest BCUT2D eigenvalue weighted by atomic mass is 10.1. The summed E-state index contributed by atoms with van der Waals surface area (Å²) in [5.41, 5.74) is 0.734. The van der Waals surface area contributed by atoms with Crippen molar-refractivity contribution in [2.24, 2.45) is 0 Å². The van der Waals surface area contributed by atoms with Crippen molar-refractivity contribution in [3.8, 4) is 11.1 Å². The standard InChI is InChI=1S/C11H6Cl3NO/c12-7-2-1-3-8(13)9(7)6-4-5-15-11(16)10(6)14/h1-5H,(H,15,16). The predicted octanol–water partition coefficient (Wildman–Crippen LogP) is 4.00. The van der Waals surface area contributed by atoms with Gasteiger partial charge in [0.2, 0.25) is 0 Å². The summed E-state index contributed by atoms with van der Waals surface area (Å²) < 4.78 is 0. The summed E-state index contributed by atoms with van der Waals surface area (Å²) >= 11 is 18.0. The fourth-order valence-electron chi connectivity index (χ4n) is 1.41. The van der Waals surface area contributed by atoms with Gasteiger partial charge in [-0.05, 0) is 18.2 Å². The zero-order valence-electron chi connectivity index (χ0n) is 7.93. The second kappa shape index (κ2) is 4.50. The van der Waals surface area contributed by atoms with Crippen LogP contribution in [-0.4, -0.2) is 4.98 Å². The van der Waals surface area contributed by atoms with E-state index >= 15 is 0 Å². The monoisotopic (exact) mass is 273 g/mol. The summed E-state index contributed by atoms with van der Waals surface area (Å²) in [6, 6.07) is 6.78. The van der Waals surface area contributed by atoms with Crippen LogP contribution in [0.5, 0.6) is 0 Å². The number of nitrogens with one attached hydrogen (secondary N) is 1. The summed E-state index contributed by atoms with van der Waals surface area (Å²) in [6.45, 7) is 0. The lowest BCUT2D eigenvalue weighted by molar-refractivity contribution is 1.24.